The maximum Gasteiger partial charge on any atom is 0.387 e. The fourth-order valence-corrected chi connectivity index (χ4v) is 1.14. The van der Waals surface area contributed by atoms with Crippen molar-refractivity contribution >= 4 is 17.7 Å². The lowest BCUT2D eigenvalue weighted by atomic mass is 10.2. The van der Waals surface area contributed by atoms with E-state index in [1.807, 2.05) is 6.07 Å². The lowest BCUT2D eigenvalue weighted by molar-refractivity contribution is -0.166. The number of esters is 2. The van der Waals surface area contributed by atoms with Crippen LogP contribution in [0.25, 0.3) is 0 Å². The van der Waals surface area contributed by atoms with E-state index < -0.39 is 23.8 Å². The van der Waals surface area contributed by atoms with Gasteiger partial charge in [-0.15, -0.1) is 0 Å². The zero-order chi connectivity index (χ0) is 13.5. The molecule has 18 heavy (non-hydrogen) atoms. The Morgan fingerprint density at radius 1 is 1.06 bits per heavy atom. The number of rotatable bonds is 5. The first-order valence-corrected chi connectivity index (χ1v) is 5.46. The first kappa shape index (κ1) is 13.9. The van der Waals surface area contributed by atoms with Gasteiger partial charge in [0.05, 0.1) is 6.10 Å². The minimum atomic E-state index is -1.29. The summed E-state index contributed by atoms with van der Waals surface area (Å²) >= 11 is 0. The molecule has 5 nitrogen and oxygen atoms in total. The summed E-state index contributed by atoms with van der Waals surface area (Å²) in [6.07, 6.45) is -0.455. The van der Waals surface area contributed by atoms with Gasteiger partial charge in [-0.3, -0.25) is 4.79 Å². The Morgan fingerprint density at radius 2 is 1.67 bits per heavy atom. The van der Waals surface area contributed by atoms with Crippen LogP contribution < -0.4 is 0 Å². The second-order valence-electron chi connectivity index (χ2n) is 3.84. The van der Waals surface area contributed by atoms with E-state index in [-0.39, 0.29) is 6.61 Å². The third-order valence-electron chi connectivity index (χ3n) is 1.93. The Morgan fingerprint density at radius 3 is 2.22 bits per heavy atom. The van der Waals surface area contributed by atoms with Crippen LogP contribution in [0, 0.1) is 0 Å². The molecule has 5 heteroatoms. The Kier molecular flexibility index (Phi) is 5.05. The number of carbonyl (C=O) groups is 3. The standard InChI is InChI=1S/C13H14O5/c1-9(2)18-13(16)11(14)12(15)17-8-10-6-4-3-5-7-10/h3-7,9H,8H2,1-2H3. The quantitative estimate of drug-likeness (QED) is 0.447. The summed E-state index contributed by atoms with van der Waals surface area (Å²) in [6, 6.07) is 8.85. The monoisotopic (exact) mass is 250 g/mol. The van der Waals surface area contributed by atoms with Gasteiger partial charge in [-0.05, 0) is 19.4 Å². The van der Waals surface area contributed by atoms with E-state index in [9.17, 15) is 14.4 Å². The van der Waals surface area contributed by atoms with Crippen molar-refractivity contribution in [1.82, 2.24) is 0 Å². The molecule has 0 heterocycles. The molecular weight excluding hydrogens is 236 g/mol. The molecule has 0 amide bonds. The molecule has 0 bridgehead atoms. The molecule has 0 spiro atoms. The van der Waals surface area contributed by atoms with Gasteiger partial charge in [-0.2, -0.15) is 0 Å². The second-order valence-corrected chi connectivity index (χ2v) is 3.84. The summed E-state index contributed by atoms with van der Waals surface area (Å²) < 4.78 is 9.30. The number of benzene rings is 1. The van der Waals surface area contributed by atoms with Gasteiger partial charge in [0.15, 0.2) is 0 Å². The Bertz CT molecular complexity index is 436. The topological polar surface area (TPSA) is 69.7 Å². The van der Waals surface area contributed by atoms with Crippen molar-refractivity contribution in [1.29, 1.82) is 0 Å². The summed E-state index contributed by atoms with van der Waals surface area (Å²) in [4.78, 5) is 33.7. The fourth-order valence-electron chi connectivity index (χ4n) is 1.14. The molecule has 0 fully saturated rings. The molecular formula is C13H14O5. The van der Waals surface area contributed by atoms with Crippen molar-refractivity contribution in [2.24, 2.45) is 0 Å². The Labute approximate surface area is 105 Å². The Balaban J connectivity index is 2.46. The van der Waals surface area contributed by atoms with Crippen LogP contribution in [0.3, 0.4) is 0 Å². The highest BCUT2D eigenvalue weighted by molar-refractivity contribution is 6.60. The number of Topliss-reactive ketones (excluding diaryl/α,β-unsaturated/α-hetero) is 1. The lowest BCUT2D eigenvalue weighted by Crippen LogP contribution is -2.29. The third-order valence-corrected chi connectivity index (χ3v) is 1.93. The van der Waals surface area contributed by atoms with Gasteiger partial charge in [0.25, 0.3) is 0 Å². The normalized spacial score (nSPS) is 9.94. The molecule has 0 aliphatic heterocycles. The zero-order valence-electron chi connectivity index (χ0n) is 10.2. The van der Waals surface area contributed by atoms with E-state index >= 15 is 0 Å². The van der Waals surface area contributed by atoms with Crippen LogP contribution in [0.4, 0.5) is 0 Å². The van der Waals surface area contributed by atoms with Crippen molar-refractivity contribution < 1.29 is 23.9 Å². The van der Waals surface area contributed by atoms with Crippen LogP contribution in [-0.2, 0) is 30.5 Å². The molecule has 0 N–H and O–H groups in total. The van der Waals surface area contributed by atoms with Crippen LogP contribution in [0.5, 0.6) is 0 Å². The maximum absolute atomic E-state index is 11.3. The number of ketones is 1. The van der Waals surface area contributed by atoms with Gasteiger partial charge in [-0.1, -0.05) is 30.3 Å². The van der Waals surface area contributed by atoms with E-state index in [0.717, 1.165) is 5.56 Å². The molecule has 0 atom stereocenters. The highest BCUT2D eigenvalue weighted by Gasteiger charge is 2.26. The molecule has 0 aliphatic rings. The maximum atomic E-state index is 11.3. The molecule has 96 valence electrons. The largest absolute Gasteiger partial charge is 0.457 e. The minimum absolute atomic E-state index is 0.0552. The lowest BCUT2D eigenvalue weighted by Gasteiger charge is -2.07. The van der Waals surface area contributed by atoms with Crippen LogP contribution >= 0.6 is 0 Å². The van der Waals surface area contributed by atoms with E-state index in [4.69, 9.17) is 4.74 Å². The van der Waals surface area contributed by atoms with Gasteiger partial charge in [0, 0.05) is 0 Å². The number of carbonyl (C=O) groups excluding carboxylic acids is 3. The SMILES string of the molecule is CC(C)OC(=O)C(=O)C(=O)OCc1ccccc1. The molecule has 0 unspecified atom stereocenters. The average molecular weight is 250 g/mol. The van der Waals surface area contributed by atoms with E-state index in [2.05, 4.69) is 4.74 Å². The summed E-state index contributed by atoms with van der Waals surface area (Å²) in [6.45, 7) is 3.11. The van der Waals surface area contributed by atoms with Crippen LogP contribution in [0.15, 0.2) is 30.3 Å². The molecule has 1 aromatic carbocycles. The third kappa shape index (κ3) is 4.37. The van der Waals surface area contributed by atoms with Crippen LogP contribution in [0.1, 0.15) is 19.4 Å². The van der Waals surface area contributed by atoms with Crippen LogP contribution in [-0.4, -0.2) is 23.8 Å². The van der Waals surface area contributed by atoms with Crippen molar-refractivity contribution in [3.63, 3.8) is 0 Å². The minimum Gasteiger partial charge on any atom is -0.457 e. The molecule has 0 aromatic heterocycles. The molecule has 0 saturated carbocycles. The zero-order valence-corrected chi connectivity index (χ0v) is 10.2. The van der Waals surface area contributed by atoms with E-state index in [1.54, 1.807) is 38.1 Å². The number of hydrogen-bond donors (Lipinski definition) is 0. The summed E-state index contributed by atoms with van der Waals surface area (Å²) in [5, 5.41) is 0. The van der Waals surface area contributed by atoms with Gasteiger partial charge in [0.1, 0.15) is 6.61 Å². The van der Waals surface area contributed by atoms with E-state index in [0.29, 0.717) is 0 Å². The van der Waals surface area contributed by atoms with Gasteiger partial charge >= 0.3 is 17.7 Å². The molecule has 0 aliphatic carbocycles. The summed E-state index contributed by atoms with van der Waals surface area (Å²) in [5.41, 5.74) is 0.732. The summed E-state index contributed by atoms with van der Waals surface area (Å²) in [7, 11) is 0. The first-order valence-electron chi connectivity index (χ1n) is 5.46. The number of ether oxygens (including phenoxy) is 2. The second kappa shape index (κ2) is 6.54. The van der Waals surface area contributed by atoms with Crippen molar-refractivity contribution in [2.75, 3.05) is 0 Å². The van der Waals surface area contributed by atoms with Gasteiger partial charge < -0.3 is 9.47 Å². The molecule has 0 radical (unpaired) electrons. The van der Waals surface area contributed by atoms with Gasteiger partial charge in [-0.25, -0.2) is 9.59 Å². The smallest absolute Gasteiger partial charge is 0.387 e. The van der Waals surface area contributed by atoms with Crippen molar-refractivity contribution in [2.45, 2.75) is 26.6 Å². The Hall–Kier alpha value is -2.17. The fraction of sp³-hybridized carbons (Fsp3) is 0.308. The first-order chi connectivity index (χ1) is 8.50. The average Bonchev–Trinajstić information content (AvgIpc) is 2.35. The predicted molar refractivity (Wildman–Crippen MR) is 62.5 cm³/mol. The van der Waals surface area contributed by atoms with Crippen molar-refractivity contribution in [3.8, 4) is 0 Å². The molecule has 1 rings (SSSR count). The molecule has 0 saturated heterocycles. The highest BCUT2D eigenvalue weighted by atomic mass is 16.6. The number of hydrogen-bond acceptors (Lipinski definition) is 5. The van der Waals surface area contributed by atoms with E-state index in [1.165, 1.54) is 0 Å². The molecule has 1 aromatic rings. The van der Waals surface area contributed by atoms with Gasteiger partial charge in [0.2, 0.25) is 0 Å². The predicted octanol–water partition coefficient (Wildman–Crippen LogP) is 1.25. The summed E-state index contributed by atoms with van der Waals surface area (Å²) in [5.74, 6) is -3.69. The highest BCUT2D eigenvalue weighted by Crippen LogP contribution is 2.01. The van der Waals surface area contributed by atoms with Crippen molar-refractivity contribution in [3.05, 3.63) is 35.9 Å². The van der Waals surface area contributed by atoms with Crippen LogP contribution in [0.2, 0.25) is 0 Å².